The minimum absolute atomic E-state index is 0.386. The minimum Gasteiger partial charge on any atom is -0.423 e. The molecule has 24 aromatic rings. The van der Waals surface area contributed by atoms with Crippen molar-refractivity contribution in [3.8, 4) is 114 Å². The van der Waals surface area contributed by atoms with Crippen LogP contribution in [0.5, 0.6) is 0 Å². The van der Waals surface area contributed by atoms with E-state index in [2.05, 4.69) is 0 Å². The predicted molar refractivity (Wildman–Crippen MR) is 546 cm³/mol. The lowest BCUT2D eigenvalue weighted by Gasteiger charge is -2.15. The number of nitrogens with zero attached hydrogens (tertiary/aromatic N) is 13. The summed E-state index contributed by atoms with van der Waals surface area (Å²) in [5.74, 6) is 3.85. The van der Waals surface area contributed by atoms with Gasteiger partial charge in [-0.3, -0.25) is 13.7 Å². The van der Waals surface area contributed by atoms with Crippen LogP contribution in [0.25, 0.3) is 201 Å². The zero-order valence-electron chi connectivity index (χ0n) is 72.7. The molecule has 0 bridgehead atoms. The lowest BCUT2D eigenvalue weighted by atomic mass is 9.79. The summed E-state index contributed by atoms with van der Waals surface area (Å²) in [6.07, 6.45) is 1.82. The van der Waals surface area contributed by atoms with E-state index < -0.39 is 28.5 Å². The molecule has 0 atom stereocenters. The van der Waals surface area contributed by atoms with Crippen molar-refractivity contribution in [2.45, 2.75) is 0 Å². The van der Waals surface area contributed by atoms with Crippen LogP contribution < -0.4 is 21.9 Å². The van der Waals surface area contributed by atoms with Crippen molar-refractivity contribution in [1.82, 2.24) is 63.1 Å². The molecule has 0 spiro atoms. The highest BCUT2D eigenvalue weighted by Crippen LogP contribution is 2.40. The Balaban J connectivity index is 0.000000108. The fraction of sp³-hybridized carbons (Fsp3) is 0. The maximum Gasteiger partial charge on any atom is 0.490 e. The van der Waals surface area contributed by atoms with Gasteiger partial charge in [0.15, 0.2) is 23.3 Å². The zero-order chi connectivity index (χ0) is 92.3. The maximum atomic E-state index is 10.2. The maximum absolute atomic E-state index is 10.2. The standard InChI is InChI=1S/3C28H20BN3O2.C27H19BN4O2/c33-29(34)23-16-9-15-22-21-14-7-8-17-26(21)32(27(22)23)28-30-24(19-10-3-1-4-11-19)18-25(31-28)20-12-5-2-6-13-20;33-29(34)23-16-9-15-22-21-14-7-8-17-25(21)32(27(22)23)26-18-24(19-10-3-1-4-11-19)30-28(31-26)20-12-5-2-6-13-20;33-29(34)23-16-9-15-22-21-14-7-8-17-24(21)32(27(22)23)25-18-30-28(20-12-5-2-6-13-20)31-26(25)19-10-3-1-4-11-19;33-28(34)22-16-9-15-21-20-14-7-8-17-23(20)32(24(21)22)27-30-25(18-10-3-1-4-11-18)29-26(31-27)19-12-5-2-6-13-19/h3*1-18,33-34H;1-17,33-34H. The summed E-state index contributed by atoms with van der Waals surface area (Å²) in [6, 6.07) is 137. The molecule has 8 N–H and O–H groups in total. The van der Waals surface area contributed by atoms with Gasteiger partial charge in [0.1, 0.15) is 5.82 Å². The van der Waals surface area contributed by atoms with E-state index in [-0.39, 0.29) is 0 Å². The summed E-state index contributed by atoms with van der Waals surface area (Å²) in [4.78, 5) is 44.0. The van der Waals surface area contributed by atoms with E-state index in [0.29, 0.717) is 73.9 Å². The van der Waals surface area contributed by atoms with Crippen molar-refractivity contribution in [2.75, 3.05) is 0 Å². The molecule has 8 aromatic heterocycles. The average Bonchev–Trinajstić information content (AvgIpc) is 1.59. The molecule has 0 saturated heterocycles. The van der Waals surface area contributed by atoms with Crippen LogP contribution in [-0.4, -0.2) is 132 Å². The van der Waals surface area contributed by atoms with Gasteiger partial charge in [-0.15, -0.1) is 0 Å². The van der Waals surface area contributed by atoms with Gasteiger partial charge in [-0.25, -0.2) is 34.9 Å². The summed E-state index contributed by atoms with van der Waals surface area (Å²) >= 11 is 0. The summed E-state index contributed by atoms with van der Waals surface area (Å²) in [5, 5.41) is 89.2. The molecular weight excluding hydrogens is 1690 g/mol. The molecule has 0 aliphatic carbocycles. The number of rotatable bonds is 16. The molecule has 0 radical (unpaired) electrons. The predicted octanol–water partition coefficient (Wildman–Crippen LogP) is 17.7. The van der Waals surface area contributed by atoms with Crippen LogP contribution in [0.2, 0.25) is 0 Å². The molecule has 0 aliphatic rings. The Bertz CT molecular complexity index is 7750. The van der Waals surface area contributed by atoms with Crippen LogP contribution in [0.1, 0.15) is 0 Å². The Hall–Kier alpha value is -17.1. The third-order valence-electron chi connectivity index (χ3n) is 24.1. The fourth-order valence-electron chi connectivity index (χ4n) is 18.0. The molecule has 0 fully saturated rings. The number of hydrogen-bond acceptors (Lipinski definition) is 17. The second-order valence-electron chi connectivity index (χ2n) is 32.4. The summed E-state index contributed by atoms with van der Waals surface area (Å²) in [5.41, 5.74) is 19.4. The van der Waals surface area contributed by atoms with E-state index in [1.807, 2.05) is 425 Å². The highest BCUT2D eigenvalue weighted by atomic mass is 16.4. The van der Waals surface area contributed by atoms with Gasteiger partial charge in [0.2, 0.25) is 11.9 Å². The summed E-state index contributed by atoms with van der Waals surface area (Å²) in [7, 11) is -6.50. The molecule has 0 aliphatic heterocycles. The first kappa shape index (κ1) is 85.7. The Morgan fingerprint density at radius 1 is 0.191 bits per heavy atom. The van der Waals surface area contributed by atoms with E-state index in [1.54, 1.807) is 24.3 Å². The van der Waals surface area contributed by atoms with E-state index in [1.165, 1.54) is 0 Å². The largest absolute Gasteiger partial charge is 0.490 e. The molecule has 16 aromatic carbocycles. The Kier molecular flexibility index (Phi) is 23.7. The van der Waals surface area contributed by atoms with Gasteiger partial charge in [-0.2, -0.15) is 9.97 Å². The summed E-state index contributed by atoms with van der Waals surface area (Å²) in [6.45, 7) is 0. The van der Waals surface area contributed by atoms with E-state index in [4.69, 9.17) is 44.9 Å². The number of hydrogen-bond donors (Lipinski definition) is 8. The van der Waals surface area contributed by atoms with E-state index >= 15 is 0 Å². The van der Waals surface area contributed by atoms with Gasteiger partial charge in [-0.1, -0.05) is 388 Å². The van der Waals surface area contributed by atoms with Gasteiger partial charge < -0.3 is 44.8 Å². The van der Waals surface area contributed by atoms with Crippen LogP contribution in [0.4, 0.5) is 0 Å². The molecular formula is C111H79B4N13O8. The van der Waals surface area contributed by atoms with Crippen molar-refractivity contribution in [1.29, 1.82) is 0 Å². The molecule has 136 heavy (non-hydrogen) atoms. The third kappa shape index (κ3) is 16.6. The third-order valence-corrected chi connectivity index (χ3v) is 24.1. The van der Waals surface area contributed by atoms with Gasteiger partial charge in [-0.05, 0) is 30.3 Å². The number of aromatic nitrogens is 13. The lowest BCUT2D eigenvalue weighted by Crippen LogP contribution is -2.31. The fourth-order valence-corrected chi connectivity index (χ4v) is 18.0. The molecule has 21 nitrogen and oxygen atoms in total. The molecule has 8 heterocycles. The van der Waals surface area contributed by atoms with Crippen LogP contribution in [0.3, 0.4) is 0 Å². The van der Waals surface area contributed by atoms with Gasteiger partial charge in [0.25, 0.3) is 0 Å². The molecule has 25 heteroatoms. The Morgan fingerprint density at radius 2 is 0.456 bits per heavy atom. The molecule has 0 unspecified atom stereocenters. The summed E-state index contributed by atoms with van der Waals surface area (Å²) < 4.78 is 7.86. The Labute approximate surface area is 780 Å². The van der Waals surface area contributed by atoms with Gasteiger partial charge in [0, 0.05) is 116 Å². The minimum atomic E-state index is -1.64. The molecule has 0 amide bonds. The molecule has 24 rings (SSSR count). The van der Waals surface area contributed by atoms with Crippen LogP contribution >= 0.6 is 0 Å². The highest BCUT2D eigenvalue weighted by molar-refractivity contribution is 6.64. The van der Waals surface area contributed by atoms with Crippen molar-refractivity contribution >= 4 is 138 Å². The first-order valence-corrected chi connectivity index (χ1v) is 44.2. The number of fused-ring (bicyclic) bond motifs is 12. The van der Waals surface area contributed by atoms with Crippen molar-refractivity contribution in [2.24, 2.45) is 0 Å². The first-order valence-electron chi connectivity index (χ1n) is 44.2. The number of benzene rings is 16. The van der Waals surface area contributed by atoms with Gasteiger partial charge >= 0.3 is 28.5 Å². The monoisotopic (exact) mass is 1770 g/mol. The van der Waals surface area contributed by atoms with Crippen molar-refractivity contribution < 1.29 is 40.2 Å². The molecule has 648 valence electrons. The Morgan fingerprint density at radius 3 is 0.809 bits per heavy atom. The quantitative estimate of drug-likeness (QED) is 0.0417. The second kappa shape index (κ2) is 37.6. The van der Waals surface area contributed by atoms with E-state index in [9.17, 15) is 40.2 Å². The zero-order valence-corrected chi connectivity index (χ0v) is 72.7. The van der Waals surface area contributed by atoms with Crippen molar-refractivity contribution in [3.05, 3.63) is 431 Å². The molecule has 0 saturated carbocycles. The van der Waals surface area contributed by atoms with Crippen LogP contribution in [0, 0.1) is 0 Å². The highest BCUT2D eigenvalue weighted by Gasteiger charge is 2.30. The smallest absolute Gasteiger partial charge is 0.423 e. The SMILES string of the molecule is OB(O)c1cccc2c3ccccc3n(-c3cc(-c4ccccc4)nc(-c4ccccc4)n3)c12.OB(O)c1cccc2c3ccccc3n(-c3cnc(-c4ccccc4)nc3-c3ccccc3)c12.OB(O)c1cccc2c3ccccc3n(-c3nc(-c4ccccc4)cc(-c4ccccc4)n3)c12.OB(O)c1cccc2c3ccccc3n(-c3nc(-c4ccccc4)nc(-c4ccccc4)n3)c12. The topological polar surface area (TPSA) is 298 Å². The lowest BCUT2D eigenvalue weighted by molar-refractivity contribution is 0.425. The normalized spacial score (nSPS) is 11.2. The van der Waals surface area contributed by atoms with Gasteiger partial charge in [0.05, 0.1) is 78.8 Å². The first-order chi connectivity index (χ1) is 66.8. The average molecular weight is 1770 g/mol. The number of para-hydroxylation sites is 8. The van der Waals surface area contributed by atoms with Crippen LogP contribution in [0.15, 0.2) is 431 Å². The second-order valence-corrected chi connectivity index (χ2v) is 32.4. The van der Waals surface area contributed by atoms with Crippen molar-refractivity contribution in [3.63, 3.8) is 0 Å². The van der Waals surface area contributed by atoms with E-state index in [0.717, 1.165) is 149 Å². The van der Waals surface area contributed by atoms with Crippen LogP contribution in [-0.2, 0) is 0 Å².